The van der Waals surface area contributed by atoms with Crippen LogP contribution in [-0.2, 0) is 0 Å². The van der Waals surface area contributed by atoms with Crippen molar-refractivity contribution in [3.05, 3.63) is 29.3 Å². The second kappa shape index (κ2) is 5.30. The highest BCUT2D eigenvalue weighted by molar-refractivity contribution is 5.95. The van der Waals surface area contributed by atoms with Crippen molar-refractivity contribution >= 4 is 11.6 Å². The van der Waals surface area contributed by atoms with Crippen LogP contribution in [0.1, 0.15) is 24.2 Å². The van der Waals surface area contributed by atoms with E-state index >= 15 is 0 Å². The lowest BCUT2D eigenvalue weighted by molar-refractivity contribution is 0.0906. The summed E-state index contributed by atoms with van der Waals surface area (Å²) < 4.78 is 26.6. The Balaban J connectivity index is 2.85. The Labute approximate surface area is 104 Å². The third-order valence-corrected chi connectivity index (χ3v) is 2.47. The first-order valence-electron chi connectivity index (χ1n) is 5.40. The summed E-state index contributed by atoms with van der Waals surface area (Å²) in [5, 5.41) is 11.4. The van der Waals surface area contributed by atoms with Gasteiger partial charge in [-0.15, -0.1) is 0 Å². The van der Waals surface area contributed by atoms with Gasteiger partial charge in [-0.25, -0.2) is 8.78 Å². The second-order valence-electron chi connectivity index (χ2n) is 4.86. The molecule has 0 heterocycles. The summed E-state index contributed by atoms with van der Waals surface area (Å²) in [4.78, 5) is 11.7. The number of carbonyl (C=O) groups excluding carboxylic acids is 1. The van der Waals surface area contributed by atoms with Gasteiger partial charge in [-0.2, -0.15) is 0 Å². The normalized spacial score (nSPS) is 11.4. The number of benzene rings is 1. The van der Waals surface area contributed by atoms with Crippen LogP contribution >= 0.6 is 0 Å². The highest BCUT2D eigenvalue weighted by Crippen LogP contribution is 2.18. The molecule has 0 atom stereocenters. The number of carbonyl (C=O) groups is 1. The van der Waals surface area contributed by atoms with Crippen LogP contribution in [0.2, 0.25) is 0 Å². The van der Waals surface area contributed by atoms with Gasteiger partial charge >= 0.3 is 0 Å². The van der Waals surface area contributed by atoms with Gasteiger partial charge in [0.2, 0.25) is 0 Å². The quantitative estimate of drug-likeness (QED) is 0.712. The molecule has 0 aliphatic heterocycles. The Morgan fingerprint density at radius 2 is 2.06 bits per heavy atom. The number of aliphatic hydroxyl groups is 1. The average molecular weight is 258 g/mol. The van der Waals surface area contributed by atoms with E-state index in [9.17, 15) is 13.6 Å². The van der Waals surface area contributed by atoms with Gasteiger partial charge in [0.1, 0.15) is 5.82 Å². The Hall–Kier alpha value is -1.69. The van der Waals surface area contributed by atoms with E-state index in [4.69, 9.17) is 10.8 Å². The number of hydrogen-bond donors (Lipinski definition) is 3. The Bertz CT molecular complexity index is 462. The summed E-state index contributed by atoms with van der Waals surface area (Å²) >= 11 is 0. The fourth-order valence-corrected chi connectivity index (χ4v) is 1.25. The highest BCUT2D eigenvalue weighted by atomic mass is 19.1. The largest absolute Gasteiger partial charge is 0.396 e. The third-order valence-electron chi connectivity index (χ3n) is 2.47. The second-order valence-corrected chi connectivity index (χ2v) is 4.86. The van der Waals surface area contributed by atoms with Crippen molar-refractivity contribution in [2.75, 3.05) is 18.9 Å². The molecule has 1 aromatic carbocycles. The van der Waals surface area contributed by atoms with E-state index in [1.807, 2.05) is 0 Å². The molecule has 6 heteroatoms. The van der Waals surface area contributed by atoms with E-state index < -0.39 is 34.2 Å². The summed E-state index contributed by atoms with van der Waals surface area (Å²) in [6.07, 6.45) is 0. The molecule has 4 N–H and O–H groups in total. The van der Waals surface area contributed by atoms with Crippen LogP contribution in [0.5, 0.6) is 0 Å². The van der Waals surface area contributed by atoms with Crippen molar-refractivity contribution in [3.8, 4) is 0 Å². The lowest BCUT2D eigenvalue weighted by Gasteiger charge is -2.21. The van der Waals surface area contributed by atoms with Gasteiger partial charge < -0.3 is 16.2 Å². The van der Waals surface area contributed by atoms with Gasteiger partial charge in [-0.05, 0) is 12.1 Å². The van der Waals surface area contributed by atoms with Gasteiger partial charge in [0, 0.05) is 18.6 Å². The van der Waals surface area contributed by atoms with E-state index in [0.717, 1.165) is 12.1 Å². The maximum absolute atomic E-state index is 13.5. The number of aliphatic hydroxyl groups excluding tert-OH is 1. The van der Waals surface area contributed by atoms with Gasteiger partial charge in [-0.1, -0.05) is 13.8 Å². The van der Waals surface area contributed by atoms with Crippen molar-refractivity contribution in [3.63, 3.8) is 0 Å². The summed E-state index contributed by atoms with van der Waals surface area (Å²) in [6.45, 7) is 3.45. The van der Waals surface area contributed by atoms with E-state index in [-0.39, 0.29) is 13.2 Å². The minimum absolute atomic E-state index is 0.137. The number of nitrogens with one attached hydrogen (secondary N) is 1. The topological polar surface area (TPSA) is 75.3 Å². The molecule has 100 valence electrons. The molecule has 0 aliphatic rings. The number of hydrogen-bond acceptors (Lipinski definition) is 3. The van der Waals surface area contributed by atoms with Crippen molar-refractivity contribution in [1.82, 2.24) is 5.32 Å². The summed E-state index contributed by atoms with van der Waals surface area (Å²) in [5.74, 6) is -2.49. The molecule has 0 bridgehead atoms. The number of anilines is 1. The Kier molecular flexibility index (Phi) is 4.24. The number of nitrogen functional groups attached to an aromatic ring is 1. The average Bonchev–Trinajstić information content (AvgIpc) is 2.31. The molecule has 1 rings (SSSR count). The predicted molar refractivity (Wildman–Crippen MR) is 64.0 cm³/mol. The SMILES string of the molecule is CC(C)(CO)CNC(=O)c1cc(F)cc(N)c1F. The highest BCUT2D eigenvalue weighted by Gasteiger charge is 2.20. The van der Waals surface area contributed by atoms with Gasteiger partial charge in [-0.3, -0.25) is 4.79 Å². The van der Waals surface area contributed by atoms with Crippen LogP contribution in [-0.4, -0.2) is 24.2 Å². The fraction of sp³-hybridized carbons (Fsp3) is 0.417. The maximum atomic E-state index is 13.5. The van der Waals surface area contributed by atoms with E-state index in [1.54, 1.807) is 13.8 Å². The van der Waals surface area contributed by atoms with Gasteiger partial charge in [0.25, 0.3) is 5.91 Å². The molecule has 0 aliphatic carbocycles. The molecule has 0 unspecified atom stereocenters. The van der Waals surface area contributed by atoms with E-state index in [1.165, 1.54) is 0 Å². The van der Waals surface area contributed by atoms with Crippen LogP contribution in [0.25, 0.3) is 0 Å². The lowest BCUT2D eigenvalue weighted by atomic mass is 9.95. The molecule has 0 aromatic heterocycles. The van der Waals surface area contributed by atoms with E-state index in [2.05, 4.69) is 5.32 Å². The van der Waals surface area contributed by atoms with Gasteiger partial charge in [0.15, 0.2) is 5.82 Å². The number of amides is 1. The van der Waals surface area contributed by atoms with Crippen molar-refractivity contribution < 1.29 is 18.7 Å². The maximum Gasteiger partial charge on any atom is 0.254 e. The number of rotatable bonds is 4. The zero-order chi connectivity index (χ0) is 13.9. The van der Waals surface area contributed by atoms with Crippen molar-refractivity contribution in [2.45, 2.75) is 13.8 Å². The molecular weight excluding hydrogens is 242 g/mol. The molecule has 0 radical (unpaired) electrons. The summed E-state index contributed by atoms with van der Waals surface area (Å²) in [7, 11) is 0. The molecule has 18 heavy (non-hydrogen) atoms. The van der Waals surface area contributed by atoms with Crippen LogP contribution in [0.15, 0.2) is 12.1 Å². The zero-order valence-electron chi connectivity index (χ0n) is 10.3. The Morgan fingerprint density at radius 3 is 2.61 bits per heavy atom. The van der Waals surface area contributed by atoms with Crippen LogP contribution in [0.3, 0.4) is 0 Å². The standard InChI is InChI=1S/C12H16F2N2O2/c1-12(2,6-17)5-16-11(18)8-3-7(13)4-9(15)10(8)14/h3-4,17H,5-6,15H2,1-2H3,(H,16,18). The third kappa shape index (κ3) is 3.40. The van der Waals surface area contributed by atoms with Crippen LogP contribution in [0.4, 0.5) is 14.5 Å². The minimum Gasteiger partial charge on any atom is -0.396 e. The molecule has 1 amide bonds. The van der Waals surface area contributed by atoms with Crippen LogP contribution in [0, 0.1) is 17.0 Å². The minimum atomic E-state index is -0.948. The molecular formula is C12H16F2N2O2. The number of nitrogens with two attached hydrogens (primary N) is 1. The lowest BCUT2D eigenvalue weighted by Crippen LogP contribution is -2.36. The van der Waals surface area contributed by atoms with Crippen LogP contribution < -0.4 is 11.1 Å². The molecule has 0 fully saturated rings. The first-order valence-corrected chi connectivity index (χ1v) is 5.40. The predicted octanol–water partition coefficient (Wildman–Crippen LogP) is 1.30. The smallest absolute Gasteiger partial charge is 0.254 e. The Morgan fingerprint density at radius 1 is 1.44 bits per heavy atom. The van der Waals surface area contributed by atoms with Crippen molar-refractivity contribution in [1.29, 1.82) is 0 Å². The summed E-state index contributed by atoms with van der Waals surface area (Å²) in [6, 6.07) is 1.59. The fourth-order valence-electron chi connectivity index (χ4n) is 1.25. The first kappa shape index (κ1) is 14.4. The molecule has 0 saturated carbocycles. The number of halogens is 2. The van der Waals surface area contributed by atoms with E-state index in [0.29, 0.717) is 0 Å². The monoisotopic (exact) mass is 258 g/mol. The molecule has 4 nitrogen and oxygen atoms in total. The zero-order valence-corrected chi connectivity index (χ0v) is 10.3. The molecule has 1 aromatic rings. The van der Waals surface area contributed by atoms with Crippen molar-refractivity contribution in [2.24, 2.45) is 5.41 Å². The first-order chi connectivity index (χ1) is 8.26. The summed E-state index contributed by atoms with van der Waals surface area (Å²) in [5.41, 5.74) is 3.84. The molecule has 0 saturated heterocycles. The van der Waals surface area contributed by atoms with Gasteiger partial charge in [0.05, 0.1) is 11.3 Å². The molecule has 0 spiro atoms.